The number of likely N-dealkylation sites (tertiary alicyclic amines) is 1. The van der Waals surface area contributed by atoms with Gasteiger partial charge in [0, 0.05) is 25.0 Å². The Morgan fingerprint density at radius 2 is 2.04 bits per heavy atom. The molecule has 1 aliphatic carbocycles. The maximum atomic E-state index is 11.7. The summed E-state index contributed by atoms with van der Waals surface area (Å²) in [5.74, 6) is 0.673. The molecule has 4 rings (SSSR count). The van der Waals surface area contributed by atoms with E-state index in [0.717, 1.165) is 49.9 Å². The standard InChI is InChI=1S/C21H25NO3.ClH/c23-20(24)21-11-4-8-17(21)14-22(15-21)12-5-13-25-19-10-3-7-16-6-1-2-9-18(16)19;/h1-3,6-7,9-10,17H,4-5,8,11-15H2,(H,23,24);1H/t17-,21+;/m0./s1. The van der Waals surface area contributed by atoms with Gasteiger partial charge < -0.3 is 14.7 Å². The molecule has 1 N–H and O–H groups in total. The lowest BCUT2D eigenvalue weighted by molar-refractivity contribution is -0.149. The summed E-state index contributed by atoms with van der Waals surface area (Å²) in [4.78, 5) is 14.1. The monoisotopic (exact) mass is 375 g/mol. The number of hydrogen-bond donors (Lipinski definition) is 1. The molecule has 2 aliphatic rings. The van der Waals surface area contributed by atoms with Gasteiger partial charge in [0.1, 0.15) is 5.75 Å². The van der Waals surface area contributed by atoms with Gasteiger partial charge in [-0.1, -0.05) is 42.8 Å². The van der Waals surface area contributed by atoms with Crippen LogP contribution in [0, 0.1) is 11.3 Å². The Morgan fingerprint density at radius 3 is 2.85 bits per heavy atom. The third-order valence-corrected chi connectivity index (χ3v) is 5.99. The Balaban J connectivity index is 0.00000196. The molecule has 5 heteroatoms. The first-order chi connectivity index (χ1) is 12.2. The van der Waals surface area contributed by atoms with Crippen molar-refractivity contribution in [3.05, 3.63) is 42.5 Å². The molecule has 2 aromatic carbocycles. The zero-order valence-electron chi connectivity index (χ0n) is 14.9. The van der Waals surface area contributed by atoms with Gasteiger partial charge in [-0.2, -0.15) is 0 Å². The van der Waals surface area contributed by atoms with Crippen LogP contribution in [0.5, 0.6) is 5.75 Å². The van der Waals surface area contributed by atoms with Crippen molar-refractivity contribution in [2.45, 2.75) is 25.7 Å². The lowest BCUT2D eigenvalue weighted by atomic mass is 9.81. The fourth-order valence-electron chi connectivity index (χ4n) is 4.71. The van der Waals surface area contributed by atoms with Crippen LogP contribution in [-0.4, -0.2) is 42.2 Å². The van der Waals surface area contributed by atoms with Crippen LogP contribution in [0.2, 0.25) is 0 Å². The van der Waals surface area contributed by atoms with E-state index in [2.05, 4.69) is 23.1 Å². The highest BCUT2D eigenvalue weighted by atomic mass is 35.5. The van der Waals surface area contributed by atoms with Crippen LogP contribution in [-0.2, 0) is 4.79 Å². The second-order valence-electron chi connectivity index (χ2n) is 7.46. The van der Waals surface area contributed by atoms with Crippen LogP contribution in [0.1, 0.15) is 25.7 Å². The Labute approximate surface area is 160 Å². The van der Waals surface area contributed by atoms with Gasteiger partial charge in [0.15, 0.2) is 0 Å². The quantitative estimate of drug-likeness (QED) is 0.768. The number of halogens is 1. The molecule has 0 unspecified atom stereocenters. The molecular weight excluding hydrogens is 350 g/mol. The molecule has 140 valence electrons. The number of hydrogen-bond acceptors (Lipinski definition) is 3. The number of carboxylic acids is 1. The molecule has 1 saturated carbocycles. The van der Waals surface area contributed by atoms with E-state index >= 15 is 0 Å². The smallest absolute Gasteiger partial charge is 0.311 e. The van der Waals surface area contributed by atoms with E-state index < -0.39 is 11.4 Å². The van der Waals surface area contributed by atoms with Gasteiger partial charge >= 0.3 is 5.97 Å². The van der Waals surface area contributed by atoms with E-state index in [1.807, 2.05) is 24.3 Å². The van der Waals surface area contributed by atoms with Crippen molar-refractivity contribution in [1.29, 1.82) is 0 Å². The number of ether oxygens (including phenoxy) is 1. The molecule has 1 heterocycles. The molecule has 0 bridgehead atoms. The highest BCUT2D eigenvalue weighted by Crippen LogP contribution is 2.48. The molecule has 0 spiro atoms. The van der Waals surface area contributed by atoms with Gasteiger partial charge in [-0.3, -0.25) is 4.79 Å². The van der Waals surface area contributed by atoms with Crippen LogP contribution in [0.3, 0.4) is 0 Å². The summed E-state index contributed by atoms with van der Waals surface area (Å²) in [5.41, 5.74) is -0.476. The maximum Gasteiger partial charge on any atom is 0.311 e. The van der Waals surface area contributed by atoms with Gasteiger partial charge in [0.25, 0.3) is 0 Å². The molecule has 2 fully saturated rings. The summed E-state index contributed by atoms with van der Waals surface area (Å²) in [6.07, 6.45) is 3.89. The zero-order valence-corrected chi connectivity index (χ0v) is 15.7. The number of carbonyl (C=O) groups is 1. The predicted octanol–water partition coefficient (Wildman–Crippen LogP) is 4.22. The first-order valence-electron chi connectivity index (χ1n) is 9.25. The maximum absolute atomic E-state index is 11.7. The summed E-state index contributed by atoms with van der Waals surface area (Å²) in [7, 11) is 0. The lowest BCUT2D eigenvalue weighted by Crippen LogP contribution is -2.36. The molecule has 1 saturated heterocycles. The normalized spacial score (nSPS) is 25.0. The average molecular weight is 376 g/mol. The minimum atomic E-state index is -0.593. The van der Waals surface area contributed by atoms with Crippen molar-refractivity contribution in [3.8, 4) is 5.75 Å². The summed E-state index contributed by atoms with van der Waals surface area (Å²) in [6, 6.07) is 14.4. The van der Waals surface area contributed by atoms with E-state index in [1.165, 1.54) is 5.39 Å². The summed E-state index contributed by atoms with van der Waals surface area (Å²) in [6.45, 7) is 3.22. The second kappa shape index (κ2) is 7.85. The van der Waals surface area contributed by atoms with Crippen molar-refractivity contribution < 1.29 is 14.6 Å². The second-order valence-corrected chi connectivity index (χ2v) is 7.46. The minimum absolute atomic E-state index is 0. The van der Waals surface area contributed by atoms with Gasteiger partial charge in [0.05, 0.1) is 12.0 Å². The Morgan fingerprint density at radius 1 is 1.23 bits per heavy atom. The largest absolute Gasteiger partial charge is 0.493 e. The molecule has 0 aromatic heterocycles. The SMILES string of the molecule is Cl.O=C(O)[C@@]12CCC[C@H]1CN(CCCOc1cccc3ccccc13)C2. The molecule has 0 amide bonds. The molecule has 1 aliphatic heterocycles. The lowest BCUT2D eigenvalue weighted by Gasteiger charge is -2.23. The fraction of sp³-hybridized carbons (Fsp3) is 0.476. The van der Waals surface area contributed by atoms with Gasteiger partial charge in [-0.25, -0.2) is 0 Å². The zero-order chi connectivity index (χ0) is 17.3. The van der Waals surface area contributed by atoms with Crippen LogP contribution in [0.15, 0.2) is 42.5 Å². The van der Waals surface area contributed by atoms with Crippen molar-refractivity contribution in [1.82, 2.24) is 4.90 Å². The minimum Gasteiger partial charge on any atom is -0.493 e. The van der Waals surface area contributed by atoms with Crippen molar-refractivity contribution in [2.75, 3.05) is 26.2 Å². The van der Waals surface area contributed by atoms with Crippen LogP contribution in [0.25, 0.3) is 10.8 Å². The van der Waals surface area contributed by atoms with E-state index in [4.69, 9.17) is 4.74 Å². The number of nitrogens with zero attached hydrogens (tertiary/aromatic N) is 1. The van der Waals surface area contributed by atoms with Crippen molar-refractivity contribution in [3.63, 3.8) is 0 Å². The van der Waals surface area contributed by atoms with Crippen LogP contribution in [0.4, 0.5) is 0 Å². The third-order valence-electron chi connectivity index (χ3n) is 5.99. The number of fused-ring (bicyclic) bond motifs is 2. The molecule has 4 nitrogen and oxygen atoms in total. The van der Waals surface area contributed by atoms with E-state index in [1.54, 1.807) is 0 Å². The van der Waals surface area contributed by atoms with E-state index in [0.29, 0.717) is 19.1 Å². The average Bonchev–Trinajstić information content (AvgIpc) is 3.17. The van der Waals surface area contributed by atoms with Gasteiger partial charge in [0.2, 0.25) is 0 Å². The van der Waals surface area contributed by atoms with E-state index in [9.17, 15) is 9.90 Å². The van der Waals surface area contributed by atoms with Crippen LogP contribution < -0.4 is 4.74 Å². The van der Waals surface area contributed by atoms with E-state index in [-0.39, 0.29) is 12.4 Å². The molecular formula is C21H26ClNO3. The summed E-state index contributed by atoms with van der Waals surface area (Å²) < 4.78 is 6.00. The third kappa shape index (κ3) is 3.40. The molecule has 2 atom stereocenters. The highest BCUT2D eigenvalue weighted by Gasteiger charge is 2.54. The predicted molar refractivity (Wildman–Crippen MR) is 105 cm³/mol. The first kappa shape index (κ1) is 19.0. The first-order valence-corrected chi connectivity index (χ1v) is 9.25. The van der Waals surface area contributed by atoms with Crippen LogP contribution >= 0.6 is 12.4 Å². The number of aliphatic carboxylic acids is 1. The Hall–Kier alpha value is -1.78. The Kier molecular flexibility index (Phi) is 5.73. The molecule has 26 heavy (non-hydrogen) atoms. The molecule has 2 aromatic rings. The summed E-state index contributed by atoms with van der Waals surface area (Å²) >= 11 is 0. The van der Waals surface area contributed by atoms with Crippen molar-refractivity contribution >= 4 is 29.1 Å². The molecule has 0 radical (unpaired) electrons. The summed E-state index contributed by atoms with van der Waals surface area (Å²) in [5, 5.41) is 12.0. The number of carboxylic acid groups (broad SMARTS) is 1. The number of rotatable bonds is 6. The highest BCUT2D eigenvalue weighted by molar-refractivity contribution is 5.88. The van der Waals surface area contributed by atoms with Gasteiger partial charge in [-0.15, -0.1) is 12.4 Å². The fourth-order valence-corrected chi connectivity index (χ4v) is 4.71. The number of benzene rings is 2. The van der Waals surface area contributed by atoms with Crippen molar-refractivity contribution in [2.24, 2.45) is 11.3 Å². The van der Waals surface area contributed by atoms with Gasteiger partial charge in [-0.05, 0) is 36.6 Å². The topological polar surface area (TPSA) is 49.8 Å². The Bertz CT molecular complexity index is 775.